The van der Waals surface area contributed by atoms with Crippen LogP contribution in [-0.4, -0.2) is 63.2 Å². The minimum atomic E-state index is -1.17. The Kier molecular flexibility index (Phi) is 12.7. The smallest absolute Gasteiger partial charge is 0.408 e. The highest BCUT2D eigenvalue weighted by Crippen LogP contribution is 2.35. The second-order valence-corrected chi connectivity index (χ2v) is 15.0. The number of hydrogen-bond donors (Lipinski definition) is 3. The minimum absolute atomic E-state index is 0.0618. The van der Waals surface area contributed by atoms with E-state index in [-0.39, 0.29) is 24.6 Å². The van der Waals surface area contributed by atoms with Crippen LogP contribution in [0.1, 0.15) is 89.1 Å². The first-order valence-corrected chi connectivity index (χ1v) is 17.4. The molecule has 3 amide bonds. The fraction of sp³-hybridized carbons (Fsp3) is 0.415. The zero-order valence-corrected chi connectivity index (χ0v) is 30.5. The van der Waals surface area contributed by atoms with Crippen LogP contribution in [0.15, 0.2) is 85.4 Å². The lowest BCUT2D eigenvalue weighted by Crippen LogP contribution is -2.59. The molecule has 51 heavy (non-hydrogen) atoms. The molecule has 272 valence electrons. The van der Waals surface area contributed by atoms with Gasteiger partial charge in [0.15, 0.2) is 0 Å². The average Bonchev–Trinajstić information content (AvgIpc) is 3.02. The second-order valence-electron chi connectivity index (χ2n) is 15.0. The quantitative estimate of drug-likeness (QED) is 0.170. The number of nitrogens with zero attached hydrogens (tertiary/aromatic N) is 1. The third-order valence-electron chi connectivity index (χ3n) is 8.37. The first kappa shape index (κ1) is 38.7. The number of phenols is 1. The number of esters is 1. The number of phenolic OH excluding ortho intramolecular Hbond substituents is 1. The van der Waals surface area contributed by atoms with Crippen molar-refractivity contribution in [2.75, 3.05) is 0 Å². The number of hydrogen-bond acceptors (Lipinski definition) is 7. The molecule has 0 bridgehead atoms. The normalized spacial score (nSPS) is 14.9. The highest BCUT2D eigenvalue weighted by Gasteiger charge is 2.43. The van der Waals surface area contributed by atoms with Gasteiger partial charge < -0.3 is 30.1 Å². The van der Waals surface area contributed by atoms with Gasteiger partial charge in [0.05, 0.1) is 0 Å². The van der Waals surface area contributed by atoms with Crippen LogP contribution in [0, 0.1) is 0 Å². The van der Waals surface area contributed by atoms with Gasteiger partial charge in [0.2, 0.25) is 11.8 Å². The van der Waals surface area contributed by atoms with E-state index in [4.69, 9.17) is 9.47 Å². The van der Waals surface area contributed by atoms with E-state index in [1.54, 1.807) is 82.9 Å². The molecule has 0 aromatic heterocycles. The van der Waals surface area contributed by atoms with Gasteiger partial charge in [-0.05, 0) is 101 Å². The topological polar surface area (TPSA) is 134 Å². The van der Waals surface area contributed by atoms with Crippen LogP contribution in [0.25, 0.3) is 6.08 Å². The Morgan fingerprint density at radius 2 is 1.43 bits per heavy atom. The molecular weight excluding hydrogens is 646 g/mol. The molecule has 10 nitrogen and oxygen atoms in total. The van der Waals surface area contributed by atoms with E-state index < -0.39 is 53.2 Å². The SMILES string of the molecule is C=Cc1cccc(C(C(=O)NC(Cc2ccccc2)C(=O)OC(C)(C)C)N(C(=O)C(Cc2ccc(O)cc2)NC(=O)OC(C)(C)C)C2CCC2)c1. The van der Waals surface area contributed by atoms with E-state index >= 15 is 0 Å². The largest absolute Gasteiger partial charge is 0.508 e. The lowest BCUT2D eigenvalue weighted by atomic mass is 9.87. The fourth-order valence-corrected chi connectivity index (χ4v) is 5.84. The molecule has 3 aromatic carbocycles. The van der Waals surface area contributed by atoms with E-state index in [0.717, 1.165) is 17.5 Å². The number of aromatic hydroxyl groups is 1. The summed E-state index contributed by atoms with van der Waals surface area (Å²) in [6, 6.07) is 19.2. The first-order valence-electron chi connectivity index (χ1n) is 17.4. The molecule has 0 radical (unpaired) electrons. The van der Waals surface area contributed by atoms with E-state index in [9.17, 15) is 24.3 Å². The van der Waals surface area contributed by atoms with Crippen LogP contribution in [0.3, 0.4) is 0 Å². The second kappa shape index (κ2) is 16.7. The van der Waals surface area contributed by atoms with Crippen LogP contribution in [0.5, 0.6) is 5.75 Å². The molecule has 1 fully saturated rings. The van der Waals surface area contributed by atoms with Crippen molar-refractivity contribution in [3.8, 4) is 5.75 Å². The molecule has 3 unspecified atom stereocenters. The molecular formula is C41H51N3O7. The summed E-state index contributed by atoms with van der Waals surface area (Å²) in [5.74, 6) is -1.59. The number of rotatable bonds is 13. The number of ether oxygens (including phenoxy) is 2. The predicted octanol–water partition coefficient (Wildman–Crippen LogP) is 6.66. The van der Waals surface area contributed by atoms with Crippen molar-refractivity contribution in [1.29, 1.82) is 0 Å². The van der Waals surface area contributed by atoms with Crippen molar-refractivity contribution in [3.63, 3.8) is 0 Å². The van der Waals surface area contributed by atoms with Gasteiger partial charge in [-0.15, -0.1) is 0 Å². The van der Waals surface area contributed by atoms with Crippen LogP contribution in [0.4, 0.5) is 4.79 Å². The van der Waals surface area contributed by atoms with Crippen LogP contribution >= 0.6 is 0 Å². The summed E-state index contributed by atoms with van der Waals surface area (Å²) in [7, 11) is 0. The van der Waals surface area contributed by atoms with Crippen molar-refractivity contribution < 1.29 is 33.8 Å². The summed E-state index contributed by atoms with van der Waals surface area (Å²) in [5.41, 5.74) is 1.13. The third kappa shape index (κ3) is 11.5. The van der Waals surface area contributed by atoms with Gasteiger partial charge in [-0.1, -0.05) is 73.3 Å². The van der Waals surface area contributed by atoms with Crippen LogP contribution in [0.2, 0.25) is 0 Å². The molecule has 3 N–H and O–H groups in total. The lowest BCUT2D eigenvalue weighted by Gasteiger charge is -2.44. The lowest BCUT2D eigenvalue weighted by molar-refractivity contribution is -0.159. The van der Waals surface area contributed by atoms with E-state index in [0.29, 0.717) is 24.0 Å². The summed E-state index contributed by atoms with van der Waals surface area (Å²) in [4.78, 5) is 58.0. The Bertz CT molecular complexity index is 1670. The predicted molar refractivity (Wildman–Crippen MR) is 197 cm³/mol. The number of benzene rings is 3. The van der Waals surface area contributed by atoms with Crippen molar-refractivity contribution >= 4 is 30.0 Å². The number of carbonyl (C=O) groups excluding carboxylic acids is 4. The Hall–Kier alpha value is -5.12. The molecule has 4 rings (SSSR count). The molecule has 1 aliphatic rings. The number of alkyl carbamates (subject to hydrolysis) is 1. The minimum Gasteiger partial charge on any atom is -0.508 e. The van der Waals surface area contributed by atoms with Gasteiger partial charge >= 0.3 is 12.1 Å². The molecule has 3 aromatic rings. The molecule has 1 saturated carbocycles. The third-order valence-corrected chi connectivity index (χ3v) is 8.37. The Labute approximate surface area is 301 Å². The van der Waals surface area contributed by atoms with Crippen molar-refractivity contribution in [3.05, 3.63) is 108 Å². The molecule has 10 heteroatoms. The fourth-order valence-electron chi connectivity index (χ4n) is 5.84. The average molecular weight is 698 g/mol. The van der Waals surface area contributed by atoms with Crippen LogP contribution < -0.4 is 10.6 Å². The zero-order chi connectivity index (χ0) is 37.3. The zero-order valence-electron chi connectivity index (χ0n) is 30.5. The maximum atomic E-state index is 14.9. The van der Waals surface area contributed by atoms with Crippen LogP contribution in [-0.2, 0) is 36.7 Å². The van der Waals surface area contributed by atoms with Gasteiger partial charge in [-0.3, -0.25) is 9.59 Å². The Morgan fingerprint density at radius 3 is 2.00 bits per heavy atom. The number of amides is 3. The molecule has 3 atom stereocenters. The van der Waals surface area contributed by atoms with Crippen molar-refractivity contribution in [1.82, 2.24) is 15.5 Å². The molecule has 0 spiro atoms. The number of nitrogens with one attached hydrogen (secondary N) is 2. The maximum absolute atomic E-state index is 14.9. The Balaban J connectivity index is 1.79. The van der Waals surface area contributed by atoms with E-state index in [2.05, 4.69) is 17.2 Å². The summed E-state index contributed by atoms with van der Waals surface area (Å²) in [5, 5.41) is 15.6. The van der Waals surface area contributed by atoms with Gasteiger partial charge in [0.1, 0.15) is 35.1 Å². The van der Waals surface area contributed by atoms with Gasteiger partial charge in [-0.2, -0.15) is 0 Å². The van der Waals surface area contributed by atoms with Crippen molar-refractivity contribution in [2.24, 2.45) is 0 Å². The molecule has 0 aliphatic heterocycles. The van der Waals surface area contributed by atoms with Crippen molar-refractivity contribution in [2.45, 2.75) is 109 Å². The Morgan fingerprint density at radius 1 is 0.824 bits per heavy atom. The summed E-state index contributed by atoms with van der Waals surface area (Å²) < 4.78 is 11.3. The van der Waals surface area contributed by atoms with E-state index in [1.165, 1.54) is 12.1 Å². The van der Waals surface area contributed by atoms with Gasteiger partial charge in [0, 0.05) is 18.9 Å². The van der Waals surface area contributed by atoms with E-state index in [1.807, 2.05) is 36.4 Å². The van der Waals surface area contributed by atoms with Gasteiger partial charge in [-0.25, -0.2) is 9.59 Å². The monoisotopic (exact) mass is 697 g/mol. The molecule has 1 aliphatic carbocycles. The molecule has 0 heterocycles. The molecule has 0 saturated heterocycles. The summed E-state index contributed by atoms with van der Waals surface area (Å²) >= 11 is 0. The van der Waals surface area contributed by atoms with Gasteiger partial charge in [0.25, 0.3) is 0 Å². The summed E-state index contributed by atoms with van der Waals surface area (Å²) in [6.45, 7) is 14.4. The highest BCUT2D eigenvalue weighted by atomic mass is 16.6. The summed E-state index contributed by atoms with van der Waals surface area (Å²) in [6.07, 6.45) is 3.26. The standard InChI is InChI=1S/C41H51N3O7/c1-8-27-16-12-17-30(24-27)35(36(46)42-34(38(48)50-40(2,3)4)26-28-14-10-9-11-15-28)44(31-18-13-19-31)37(47)33(43-39(49)51-41(5,6)7)25-29-20-22-32(45)23-21-29/h8-12,14-17,20-24,31,33-35,45H,1,13,18-19,25-26H2,2-7H3,(H,42,46)(H,43,49). The highest BCUT2D eigenvalue weighted by molar-refractivity contribution is 5.94. The number of carbonyl (C=O) groups is 4. The maximum Gasteiger partial charge on any atom is 0.408 e. The first-order chi connectivity index (χ1) is 24.0.